The van der Waals surface area contributed by atoms with Crippen molar-refractivity contribution >= 4 is 44.7 Å². The lowest BCUT2D eigenvalue weighted by molar-refractivity contribution is -0.116. The molecule has 0 saturated carbocycles. The van der Waals surface area contributed by atoms with Crippen LogP contribution < -0.4 is 9.62 Å². The van der Waals surface area contributed by atoms with E-state index in [1.54, 1.807) is 34.9 Å². The van der Waals surface area contributed by atoms with Crippen molar-refractivity contribution in [1.82, 2.24) is 4.72 Å². The number of carbonyl (C=O) groups excluding carboxylic acids is 1. The second kappa shape index (κ2) is 6.87. The maximum Gasteiger partial charge on any atom is 0.240 e. The molecule has 0 fully saturated rings. The Hall–Kier alpha value is -1.35. The quantitative estimate of drug-likeness (QED) is 0.882. The zero-order valence-electron chi connectivity index (χ0n) is 13.4. The van der Waals surface area contributed by atoms with Crippen LogP contribution in [0.1, 0.15) is 18.7 Å². The average Bonchev–Trinajstić information content (AvgIpc) is 3.05. The first-order valence-corrected chi connectivity index (χ1v) is 10.7. The lowest BCUT2D eigenvalue weighted by Gasteiger charge is -2.32. The number of hydrogen-bond acceptors (Lipinski definition) is 5. The number of thiophene rings is 1. The molecule has 2 aromatic rings. The number of sulfonamides is 1. The Kier molecular flexibility index (Phi) is 5.00. The van der Waals surface area contributed by atoms with Crippen molar-refractivity contribution in [1.29, 1.82) is 0 Å². The summed E-state index contributed by atoms with van der Waals surface area (Å²) >= 11 is 3.16. The highest BCUT2D eigenvalue weighted by Crippen LogP contribution is 2.39. The average molecular weight is 383 g/mol. The molecule has 0 bridgehead atoms. The number of anilines is 1. The van der Waals surface area contributed by atoms with Gasteiger partial charge in [-0.2, -0.15) is 0 Å². The first-order chi connectivity index (χ1) is 11.4. The van der Waals surface area contributed by atoms with Gasteiger partial charge in [-0.15, -0.1) is 23.1 Å². The molecule has 1 N–H and O–H groups in total. The van der Waals surface area contributed by atoms with E-state index in [1.807, 2.05) is 17.5 Å². The van der Waals surface area contributed by atoms with Gasteiger partial charge in [-0.1, -0.05) is 13.0 Å². The van der Waals surface area contributed by atoms with Crippen molar-refractivity contribution in [3.63, 3.8) is 0 Å². The van der Waals surface area contributed by atoms with E-state index in [-0.39, 0.29) is 22.6 Å². The number of thioether (sulfide) groups is 1. The zero-order chi connectivity index (χ0) is 17.3. The van der Waals surface area contributed by atoms with Gasteiger partial charge in [0.05, 0.1) is 10.6 Å². The molecule has 5 nitrogen and oxygen atoms in total. The number of benzene rings is 1. The SMILES string of the molecule is CC(=O)N1C[C@H](C)Sc2ccc(S(=O)(=O)NCc3cccs3)cc21. The van der Waals surface area contributed by atoms with Gasteiger partial charge >= 0.3 is 0 Å². The summed E-state index contributed by atoms with van der Waals surface area (Å²) in [6, 6.07) is 8.74. The smallest absolute Gasteiger partial charge is 0.240 e. The van der Waals surface area contributed by atoms with Gasteiger partial charge in [0, 0.05) is 35.0 Å². The van der Waals surface area contributed by atoms with Crippen LogP contribution >= 0.6 is 23.1 Å². The molecule has 1 aliphatic rings. The maximum absolute atomic E-state index is 12.5. The Morgan fingerprint density at radius 2 is 2.17 bits per heavy atom. The zero-order valence-corrected chi connectivity index (χ0v) is 15.8. The van der Waals surface area contributed by atoms with Gasteiger partial charge in [0.25, 0.3) is 0 Å². The van der Waals surface area contributed by atoms with Crippen LogP contribution in [0.2, 0.25) is 0 Å². The van der Waals surface area contributed by atoms with E-state index in [1.165, 1.54) is 18.3 Å². The van der Waals surface area contributed by atoms with Crippen LogP contribution in [0.25, 0.3) is 0 Å². The van der Waals surface area contributed by atoms with Crippen LogP contribution in [0.3, 0.4) is 0 Å². The van der Waals surface area contributed by atoms with Gasteiger partial charge in [0.15, 0.2) is 0 Å². The summed E-state index contributed by atoms with van der Waals surface area (Å²) < 4.78 is 27.7. The highest BCUT2D eigenvalue weighted by Gasteiger charge is 2.27. The van der Waals surface area contributed by atoms with Crippen LogP contribution in [-0.2, 0) is 21.4 Å². The van der Waals surface area contributed by atoms with Crippen molar-refractivity contribution in [3.05, 3.63) is 40.6 Å². The summed E-state index contributed by atoms with van der Waals surface area (Å²) in [5, 5.41) is 2.19. The molecule has 1 aromatic heterocycles. The van der Waals surface area contributed by atoms with Crippen LogP contribution in [0.4, 0.5) is 5.69 Å². The predicted octanol–water partition coefficient (Wildman–Crippen LogP) is 3.07. The number of nitrogens with zero attached hydrogens (tertiary/aromatic N) is 1. The molecule has 24 heavy (non-hydrogen) atoms. The normalized spacial score (nSPS) is 17.6. The fourth-order valence-electron chi connectivity index (χ4n) is 2.55. The summed E-state index contributed by atoms with van der Waals surface area (Å²) in [6.45, 7) is 4.40. The molecule has 0 unspecified atom stereocenters. The summed E-state index contributed by atoms with van der Waals surface area (Å²) in [5.74, 6) is -0.0792. The van der Waals surface area contributed by atoms with E-state index < -0.39 is 10.0 Å². The van der Waals surface area contributed by atoms with Gasteiger partial charge < -0.3 is 4.90 Å². The minimum Gasteiger partial charge on any atom is -0.310 e. The molecule has 3 rings (SSSR count). The fourth-order valence-corrected chi connectivity index (χ4v) is 5.40. The topological polar surface area (TPSA) is 66.5 Å². The van der Waals surface area contributed by atoms with E-state index >= 15 is 0 Å². The molecular formula is C16H18N2O3S3. The molecule has 8 heteroatoms. The van der Waals surface area contributed by atoms with Gasteiger partial charge in [-0.05, 0) is 29.6 Å². The molecule has 2 heterocycles. The van der Waals surface area contributed by atoms with Crippen molar-refractivity contribution in [3.8, 4) is 0 Å². The Labute approximate surface area is 150 Å². The second-order valence-corrected chi connectivity index (χ2v) is 9.87. The number of carbonyl (C=O) groups is 1. The van der Waals surface area contributed by atoms with E-state index in [2.05, 4.69) is 11.6 Å². The number of rotatable bonds is 4. The van der Waals surface area contributed by atoms with Crippen LogP contribution in [-0.4, -0.2) is 26.1 Å². The molecule has 0 saturated heterocycles. The van der Waals surface area contributed by atoms with Crippen LogP contribution in [0, 0.1) is 0 Å². The highest BCUT2D eigenvalue weighted by molar-refractivity contribution is 8.00. The first-order valence-electron chi connectivity index (χ1n) is 7.47. The van der Waals surface area contributed by atoms with Crippen molar-refractivity contribution in [2.75, 3.05) is 11.4 Å². The Morgan fingerprint density at radius 1 is 1.38 bits per heavy atom. The van der Waals surface area contributed by atoms with Gasteiger partial charge in [0.1, 0.15) is 0 Å². The molecule has 1 aromatic carbocycles. The minimum absolute atomic E-state index is 0.0792. The molecule has 1 aliphatic heterocycles. The summed E-state index contributed by atoms with van der Waals surface area (Å²) in [6.07, 6.45) is 0. The standard InChI is InChI=1S/C16H18N2O3S3/c1-11-10-18(12(2)19)15-8-14(5-6-16(15)23-11)24(20,21)17-9-13-4-3-7-22-13/h3-8,11,17H,9-10H2,1-2H3/t11-/m0/s1. The molecule has 0 radical (unpaired) electrons. The molecule has 1 amide bonds. The van der Waals surface area contributed by atoms with Crippen LogP contribution in [0.15, 0.2) is 45.5 Å². The number of nitrogens with one attached hydrogen (secondary N) is 1. The first kappa shape index (κ1) is 17.5. The van der Waals surface area contributed by atoms with E-state index in [4.69, 9.17) is 0 Å². The summed E-state index contributed by atoms with van der Waals surface area (Å²) in [4.78, 5) is 15.6. The third-order valence-corrected chi connectivity index (χ3v) is 7.12. The lowest BCUT2D eigenvalue weighted by atomic mass is 10.2. The van der Waals surface area contributed by atoms with E-state index in [9.17, 15) is 13.2 Å². The summed E-state index contributed by atoms with van der Waals surface area (Å²) in [5.41, 5.74) is 0.671. The van der Waals surface area contributed by atoms with Crippen molar-refractivity contribution < 1.29 is 13.2 Å². The minimum atomic E-state index is -3.62. The number of hydrogen-bond donors (Lipinski definition) is 1. The molecule has 1 atom stereocenters. The third kappa shape index (κ3) is 3.66. The predicted molar refractivity (Wildman–Crippen MR) is 98.1 cm³/mol. The maximum atomic E-state index is 12.5. The van der Waals surface area contributed by atoms with Crippen LogP contribution in [0.5, 0.6) is 0 Å². The van der Waals surface area contributed by atoms with Crippen molar-refractivity contribution in [2.45, 2.75) is 35.4 Å². The largest absolute Gasteiger partial charge is 0.310 e. The lowest BCUT2D eigenvalue weighted by Crippen LogP contribution is -2.37. The monoisotopic (exact) mass is 382 g/mol. The van der Waals surface area contributed by atoms with Gasteiger partial charge in [0.2, 0.25) is 15.9 Å². The second-order valence-electron chi connectivity index (χ2n) is 5.59. The molecular weight excluding hydrogens is 364 g/mol. The molecule has 0 spiro atoms. The fraction of sp³-hybridized carbons (Fsp3) is 0.312. The number of amides is 1. The molecule has 0 aliphatic carbocycles. The number of fused-ring (bicyclic) bond motifs is 1. The third-order valence-electron chi connectivity index (χ3n) is 3.70. The Morgan fingerprint density at radius 3 is 2.83 bits per heavy atom. The van der Waals surface area contributed by atoms with E-state index in [0.717, 1.165) is 9.77 Å². The van der Waals surface area contributed by atoms with Gasteiger partial charge in [-0.25, -0.2) is 13.1 Å². The van der Waals surface area contributed by atoms with Crippen molar-refractivity contribution in [2.24, 2.45) is 0 Å². The molecule has 128 valence electrons. The summed E-state index contributed by atoms with van der Waals surface area (Å²) in [7, 11) is -3.62. The Bertz CT molecular complexity index is 847. The highest BCUT2D eigenvalue weighted by atomic mass is 32.2. The van der Waals surface area contributed by atoms with E-state index in [0.29, 0.717) is 12.2 Å². The Balaban J connectivity index is 1.89. The van der Waals surface area contributed by atoms with Gasteiger partial charge in [-0.3, -0.25) is 4.79 Å².